The average Bonchev–Trinajstić information content (AvgIpc) is 3.45. The largest absolute Gasteiger partial charge is 0.507 e. The molecule has 170 valence electrons. The van der Waals surface area contributed by atoms with Crippen molar-refractivity contribution in [2.45, 2.75) is 32.7 Å². The molecule has 0 spiro atoms. The number of Topliss-reactive ketones (excluding diaryl/α,β-unsaturated/α-hetero) is 1. The number of ether oxygens (including phenoxy) is 1. The number of aliphatic hydroxyl groups is 1. The van der Waals surface area contributed by atoms with E-state index in [0.29, 0.717) is 30.1 Å². The number of aliphatic hydroxyl groups excluding tert-OH is 1. The Morgan fingerprint density at radius 2 is 1.91 bits per heavy atom. The van der Waals surface area contributed by atoms with E-state index in [9.17, 15) is 14.7 Å². The van der Waals surface area contributed by atoms with E-state index in [2.05, 4.69) is 10.00 Å². The van der Waals surface area contributed by atoms with E-state index in [-0.39, 0.29) is 11.3 Å². The first-order valence-corrected chi connectivity index (χ1v) is 11.0. The van der Waals surface area contributed by atoms with Gasteiger partial charge in [0.05, 0.1) is 30.0 Å². The molecule has 2 aliphatic heterocycles. The van der Waals surface area contributed by atoms with Crippen LogP contribution in [-0.2, 0) is 16.6 Å². The third-order valence-corrected chi connectivity index (χ3v) is 6.55. The number of ketones is 1. The summed E-state index contributed by atoms with van der Waals surface area (Å²) in [6.07, 6.45) is 2.30. The number of rotatable bonds is 6. The van der Waals surface area contributed by atoms with E-state index < -0.39 is 17.7 Å². The first-order chi connectivity index (χ1) is 15.3. The molecule has 2 aliphatic rings. The zero-order valence-electron chi connectivity index (χ0n) is 19.1. The fourth-order valence-electron chi connectivity index (χ4n) is 4.78. The number of aromatic nitrogens is 2. The zero-order chi connectivity index (χ0) is 23.0. The zero-order valence-corrected chi connectivity index (χ0v) is 19.1. The molecule has 8 heteroatoms. The maximum atomic E-state index is 13.2. The molecule has 0 aliphatic carbocycles. The summed E-state index contributed by atoms with van der Waals surface area (Å²) >= 11 is 0. The van der Waals surface area contributed by atoms with Crippen molar-refractivity contribution in [1.82, 2.24) is 19.6 Å². The summed E-state index contributed by atoms with van der Waals surface area (Å²) in [5.41, 5.74) is 2.66. The topological polar surface area (TPSA) is 87.9 Å². The molecule has 2 aromatic rings. The van der Waals surface area contributed by atoms with Gasteiger partial charge in [0, 0.05) is 25.8 Å². The quantitative estimate of drug-likeness (QED) is 0.424. The van der Waals surface area contributed by atoms with Crippen molar-refractivity contribution < 1.29 is 19.4 Å². The van der Waals surface area contributed by atoms with Crippen LogP contribution < -0.4 is 4.74 Å². The van der Waals surface area contributed by atoms with Crippen LogP contribution >= 0.6 is 0 Å². The van der Waals surface area contributed by atoms with Gasteiger partial charge in [-0.05, 0) is 57.5 Å². The fourth-order valence-corrected chi connectivity index (χ4v) is 4.78. The summed E-state index contributed by atoms with van der Waals surface area (Å²) in [5, 5.41) is 15.7. The molecule has 1 N–H and O–H groups in total. The van der Waals surface area contributed by atoms with Crippen LogP contribution in [0.1, 0.15) is 41.4 Å². The summed E-state index contributed by atoms with van der Waals surface area (Å²) in [6.45, 7) is 6.72. The Bertz CT molecular complexity index is 1080. The molecule has 3 heterocycles. The van der Waals surface area contributed by atoms with Crippen LogP contribution in [0.3, 0.4) is 0 Å². The van der Waals surface area contributed by atoms with E-state index in [1.165, 1.54) is 0 Å². The van der Waals surface area contributed by atoms with Gasteiger partial charge in [0.2, 0.25) is 0 Å². The van der Waals surface area contributed by atoms with Gasteiger partial charge in [-0.1, -0.05) is 12.1 Å². The van der Waals surface area contributed by atoms with Gasteiger partial charge in [-0.2, -0.15) is 5.10 Å². The maximum absolute atomic E-state index is 13.2. The maximum Gasteiger partial charge on any atom is 0.295 e. The first-order valence-electron chi connectivity index (χ1n) is 11.0. The van der Waals surface area contributed by atoms with Crippen LogP contribution in [0.4, 0.5) is 0 Å². The minimum absolute atomic E-state index is 0.101. The summed E-state index contributed by atoms with van der Waals surface area (Å²) in [7, 11) is 3.36. The Hall–Kier alpha value is -3.13. The molecule has 8 nitrogen and oxygen atoms in total. The number of amides is 1. The second-order valence-corrected chi connectivity index (χ2v) is 8.49. The van der Waals surface area contributed by atoms with Crippen molar-refractivity contribution >= 4 is 17.4 Å². The van der Waals surface area contributed by atoms with Crippen molar-refractivity contribution in [2.24, 2.45) is 7.05 Å². The van der Waals surface area contributed by atoms with Crippen LogP contribution in [0.25, 0.3) is 5.76 Å². The molecule has 1 aromatic carbocycles. The van der Waals surface area contributed by atoms with E-state index in [4.69, 9.17) is 4.74 Å². The van der Waals surface area contributed by atoms with Crippen LogP contribution in [-0.4, -0.2) is 69.7 Å². The molecule has 2 fully saturated rings. The van der Waals surface area contributed by atoms with Crippen LogP contribution in [0, 0.1) is 13.8 Å². The Kier molecular flexibility index (Phi) is 6.06. The lowest BCUT2D eigenvalue weighted by Gasteiger charge is -2.27. The van der Waals surface area contributed by atoms with Gasteiger partial charge in [-0.15, -0.1) is 0 Å². The Balaban J connectivity index is 1.82. The number of likely N-dealkylation sites (tertiary alicyclic amines) is 2. The molecular formula is C24H30N4O4. The third kappa shape index (κ3) is 3.79. The molecular weight excluding hydrogens is 408 g/mol. The van der Waals surface area contributed by atoms with Gasteiger partial charge < -0.3 is 19.6 Å². The second kappa shape index (κ2) is 8.78. The molecule has 1 unspecified atom stereocenters. The van der Waals surface area contributed by atoms with Crippen molar-refractivity contribution in [2.75, 3.05) is 33.3 Å². The van der Waals surface area contributed by atoms with Crippen molar-refractivity contribution in [3.8, 4) is 5.75 Å². The van der Waals surface area contributed by atoms with E-state index in [1.807, 2.05) is 31.2 Å². The Morgan fingerprint density at radius 3 is 2.53 bits per heavy atom. The number of aryl methyl sites for hydroxylation is 2. The average molecular weight is 439 g/mol. The highest BCUT2D eigenvalue weighted by Crippen LogP contribution is 2.41. The van der Waals surface area contributed by atoms with E-state index >= 15 is 0 Å². The van der Waals surface area contributed by atoms with Crippen LogP contribution in [0.15, 0.2) is 29.8 Å². The summed E-state index contributed by atoms with van der Waals surface area (Å²) in [6, 6.07) is 6.63. The Morgan fingerprint density at radius 1 is 1.19 bits per heavy atom. The van der Waals surface area contributed by atoms with Crippen molar-refractivity contribution in [3.05, 3.63) is 52.4 Å². The number of hydrogen-bond acceptors (Lipinski definition) is 6. The first kappa shape index (κ1) is 22.1. The molecule has 0 radical (unpaired) electrons. The number of benzene rings is 1. The van der Waals surface area contributed by atoms with Crippen LogP contribution in [0.5, 0.6) is 5.75 Å². The van der Waals surface area contributed by atoms with E-state index in [0.717, 1.165) is 37.2 Å². The standard InChI is InChI=1S/C24H30N4O4/c1-15-19(16(2)26(3)25-15)22(29)20-21(17-8-7-9-18(14-17)32-4)28(24(31)23(20)30)13-12-27-10-5-6-11-27/h7-9,14,21,29H,5-6,10-13H2,1-4H3/b22-20+. The highest BCUT2D eigenvalue weighted by atomic mass is 16.5. The molecule has 1 aromatic heterocycles. The second-order valence-electron chi connectivity index (χ2n) is 8.49. The lowest BCUT2D eigenvalue weighted by Crippen LogP contribution is -2.37. The predicted octanol–water partition coefficient (Wildman–Crippen LogP) is 2.56. The Labute approximate surface area is 188 Å². The fraction of sp³-hybridized carbons (Fsp3) is 0.458. The summed E-state index contributed by atoms with van der Waals surface area (Å²) in [5.74, 6) is -0.804. The highest BCUT2D eigenvalue weighted by molar-refractivity contribution is 6.46. The minimum atomic E-state index is -0.688. The number of carbonyl (C=O) groups excluding carboxylic acids is 2. The smallest absolute Gasteiger partial charge is 0.295 e. The normalized spacial score (nSPS) is 21.0. The number of methoxy groups -OCH3 is 1. The number of nitrogens with zero attached hydrogens (tertiary/aromatic N) is 4. The monoisotopic (exact) mass is 438 g/mol. The van der Waals surface area contributed by atoms with Crippen molar-refractivity contribution in [1.29, 1.82) is 0 Å². The molecule has 1 atom stereocenters. The van der Waals surface area contributed by atoms with E-state index in [1.54, 1.807) is 30.7 Å². The molecule has 0 saturated carbocycles. The van der Waals surface area contributed by atoms with Gasteiger partial charge >= 0.3 is 0 Å². The molecule has 2 saturated heterocycles. The third-order valence-electron chi connectivity index (χ3n) is 6.55. The predicted molar refractivity (Wildman–Crippen MR) is 120 cm³/mol. The minimum Gasteiger partial charge on any atom is -0.507 e. The number of hydrogen-bond donors (Lipinski definition) is 1. The van der Waals surface area contributed by atoms with Gasteiger partial charge in [-0.25, -0.2) is 0 Å². The van der Waals surface area contributed by atoms with Gasteiger partial charge in [0.15, 0.2) is 0 Å². The molecule has 1 amide bonds. The molecule has 4 rings (SSSR count). The number of carbonyl (C=O) groups is 2. The van der Waals surface area contributed by atoms with Crippen LogP contribution in [0.2, 0.25) is 0 Å². The van der Waals surface area contributed by atoms with Crippen molar-refractivity contribution in [3.63, 3.8) is 0 Å². The lowest BCUT2D eigenvalue weighted by molar-refractivity contribution is -0.140. The lowest BCUT2D eigenvalue weighted by atomic mass is 9.94. The SMILES string of the molecule is COc1cccc(C2/C(=C(\O)c3c(C)nn(C)c3C)C(=O)C(=O)N2CCN2CCCC2)c1. The van der Waals surface area contributed by atoms with Gasteiger partial charge in [-0.3, -0.25) is 14.3 Å². The molecule has 32 heavy (non-hydrogen) atoms. The molecule has 0 bridgehead atoms. The highest BCUT2D eigenvalue weighted by Gasteiger charge is 2.46. The van der Waals surface area contributed by atoms with Gasteiger partial charge in [0.25, 0.3) is 11.7 Å². The summed E-state index contributed by atoms with van der Waals surface area (Å²) in [4.78, 5) is 30.2. The summed E-state index contributed by atoms with van der Waals surface area (Å²) < 4.78 is 7.04. The van der Waals surface area contributed by atoms with Gasteiger partial charge in [0.1, 0.15) is 11.5 Å².